The van der Waals surface area contributed by atoms with Gasteiger partial charge in [0.2, 0.25) is 0 Å². The van der Waals surface area contributed by atoms with Crippen LogP contribution in [0.2, 0.25) is 0 Å². The molecule has 0 fully saturated rings. The Hall–Kier alpha value is -2.50. The van der Waals surface area contributed by atoms with Crippen LogP contribution in [0.5, 0.6) is 5.75 Å². The predicted molar refractivity (Wildman–Crippen MR) is 109 cm³/mol. The summed E-state index contributed by atoms with van der Waals surface area (Å²) in [6, 6.07) is 6.58. The highest BCUT2D eigenvalue weighted by Gasteiger charge is 2.33. The Morgan fingerprint density at radius 1 is 1.18 bits per heavy atom. The van der Waals surface area contributed by atoms with Crippen LogP contribution in [-0.4, -0.2) is 23.7 Å². The molecule has 6 heteroatoms. The van der Waals surface area contributed by atoms with Gasteiger partial charge < -0.3 is 20.1 Å². The number of hydrogen-bond acceptors (Lipinski definition) is 4. The molecule has 1 aliphatic heterocycles. The highest BCUT2D eigenvalue weighted by molar-refractivity contribution is 5.95. The Balaban J connectivity index is 2.40. The number of carbonyl (C=O) groups excluding carboxylic acids is 2. The van der Waals surface area contributed by atoms with Crippen LogP contribution in [0.3, 0.4) is 0 Å². The Labute approximate surface area is 167 Å². The lowest BCUT2D eigenvalue weighted by atomic mass is 9.93. The number of carbonyl (C=O) groups is 2. The molecule has 1 aromatic rings. The summed E-state index contributed by atoms with van der Waals surface area (Å²) in [6.45, 7) is 11.6. The zero-order valence-electron chi connectivity index (χ0n) is 17.7. The number of unbranched alkanes of at least 4 members (excludes halogenated alkanes) is 1. The first-order chi connectivity index (χ1) is 13.1. The van der Waals surface area contributed by atoms with Crippen molar-refractivity contribution < 1.29 is 19.1 Å². The average molecular weight is 389 g/mol. The summed E-state index contributed by atoms with van der Waals surface area (Å²) in [5.74, 6) is 0.326. The normalized spacial score (nSPS) is 17.2. The highest BCUT2D eigenvalue weighted by Crippen LogP contribution is 2.31. The molecule has 154 valence electrons. The monoisotopic (exact) mass is 388 g/mol. The van der Waals surface area contributed by atoms with E-state index < -0.39 is 12.0 Å². The van der Waals surface area contributed by atoms with Gasteiger partial charge in [0.1, 0.15) is 11.4 Å². The quantitative estimate of drug-likeness (QED) is 0.669. The van der Waals surface area contributed by atoms with E-state index in [4.69, 9.17) is 9.47 Å². The second kappa shape index (κ2) is 9.13. The van der Waals surface area contributed by atoms with Gasteiger partial charge in [0.25, 0.3) is 0 Å². The van der Waals surface area contributed by atoms with E-state index in [9.17, 15) is 9.59 Å². The lowest BCUT2D eigenvalue weighted by Crippen LogP contribution is -2.46. The van der Waals surface area contributed by atoms with E-state index in [1.807, 2.05) is 58.9 Å². The first-order valence-electron chi connectivity index (χ1n) is 9.91. The molecular weight excluding hydrogens is 356 g/mol. The molecule has 2 N–H and O–H groups in total. The van der Waals surface area contributed by atoms with Gasteiger partial charge in [0, 0.05) is 5.70 Å². The lowest BCUT2D eigenvalue weighted by Gasteiger charge is -2.30. The SMILES string of the molecule is CCCCC1=C(C(=O)OC(C)C)C(c2ccc(OC(C)(C)C)cc2)NC(=O)N1. The second-order valence-corrected chi connectivity index (χ2v) is 8.26. The fourth-order valence-corrected chi connectivity index (χ4v) is 3.02. The van der Waals surface area contributed by atoms with Crippen LogP contribution in [0.4, 0.5) is 4.79 Å². The van der Waals surface area contributed by atoms with Gasteiger partial charge in [0.15, 0.2) is 0 Å². The topological polar surface area (TPSA) is 76.7 Å². The van der Waals surface area contributed by atoms with Gasteiger partial charge in [-0.3, -0.25) is 0 Å². The molecule has 0 saturated carbocycles. The van der Waals surface area contributed by atoms with Crippen LogP contribution in [0.15, 0.2) is 35.5 Å². The van der Waals surface area contributed by atoms with Gasteiger partial charge in [-0.1, -0.05) is 25.5 Å². The van der Waals surface area contributed by atoms with Crippen LogP contribution in [0.1, 0.15) is 72.4 Å². The Morgan fingerprint density at radius 3 is 2.36 bits per heavy atom. The number of ether oxygens (including phenoxy) is 2. The molecule has 0 radical (unpaired) electrons. The van der Waals surface area contributed by atoms with Crippen LogP contribution < -0.4 is 15.4 Å². The van der Waals surface area contributed by atoms with E-state index in [1.54, 1.807) is 0 Å². The Kier molecular flexibility index (Phi) is 7.11. The maximum atomic E-state index is 12.8. The molecule has 1 atom stereocenters. The molecule has 2 amide bonds. The number of rotatable bonds is 7. The summed E-state index contributed by atoms with van der Waals surface area (Å²) in [5, 5.41) is 5.66. The summed E-state index contributed by atoms with van der Waals surface area (Å²) < 4.78 is 11.3. The maximum Gasteiger partial charge on any atom is 0.338 e. The second-order valence-electron chi connectivity index (χ2n) is 8.26. The van der Waals surface area contributed by atoms with Crippen molar-refractivity contribution in [1.29, 1.82) is 0 Å². The van der Waals surface area contributed by atoms with Crippen LogP contribution in [0, 0.1) is 0 Å². The molecule has 0 bridgehead atoms. The van der Waals surface area contributed by atoms with Crippen molar-refractivity contribution in [3.05, 3.63) is 41.1 Å². The van der Waals surface area contributed by atoms with Gasteiger partial charge in [-0.2, -0.15) is 0 Å². The first-order valence-corrected chi connectivity index (χ1v) is 9.91. The van der Waals surface area contributed by atoms with Gasteiger partial charge in [-0.05, 0) is 65.2 Å². The van der Waals surface area contributed by atoms with Crippen molar-refractivity contribution in [3.63, 3.8) is 0 Å². The Bertz CT molecular complexity index is 730. The molecule has 0 aliphatic carbocycles. The van der Waals surface area contributed by atoms with Crippen molar-refractivity contribution in [2.24, 2.45) is 0 Å². The average Bonchev–Trinajstić information content (AvgIpc) is 2.58. The molecule has 1 heterocycles. The number of allylic oxidation sites excluding steroid dienone is 1. The number of esters is 1. The lowest BCUT2D eigenvalue weighted by molar-refractivity contribution is -0.143. The number of urea groups is 1. The number of hydrogen-bond donors (Lipinski definition) is 2. The first kappa shape index (κ1) is 21.8. The fraction of sp³-hybridized carbons (Fsp3) is 0.545. The van der Waals surface area contributed by atoms with E-state index in [2.05, 4.69) is 17.6 Å². The van der Waals surface area contributed by atoms with Crippen LogP contribution in [0.25, 0.3) is 0 Å². The summed E-state index contributed by atoms with van der Waals surface area (Å²) in [6.07, 6.45) is 2.21. The van der Waals surface area contributed by atoms with Crippen molar-refractivity contribution >= 4 is 12.0 Å². The third-order valence-electron chi connectivity index (χ3n) is 4.13. The zero-order chi connectivity index (χ0) is 20.9. The molecular formula is C22H32N2O4. The molecule has 1 aliphatic rings. The van der Waals surface area contributed by atoms with Crippen LogP contribution in [-0.2, 0) is 9.53 Å². The summed E-state index contributed by atoms with van der Waals surface area (Å²) in [5.41, 5.74) is 1.60. The van der Waals surface area contributed by atoms with E-state index in [0.717, 1.165) is 24.2 Å². The molecule has 28 heavy (non-hydrogen) atoms. The largest absolute Gasteiger partial charge is 0.488 e. The van der Waals surface area contributed by atoms with Crippen molar-refractivity contribution in [2.45, 2.75) is 78.6 Å². The van der Waals surface area contributed by atoms with Crippen molar-refractivity contribution in [2.75, 3.05) is 0 Å². The molecule has 1 unspecified atom stereocenters. The van der Waals surface area contributed by atoms with Crippen LogP contribution >= 0.6 is 0 Å². The third kappa shape index (κ3) is 6.01. The van der Waals surface area contributed by atoms with E-state index in [0.29, 0.717) is 17.7 Å². The summed E-state index contributed by atoms with van der Waals surface area (Å²) in [4.78, 5) is 25.1. The summed E-state index contributed by atoms with van der Waals surface area (Å²) >= 11 is 0. The molecule has 0 spiro atoms. The number of amides is 2. The number of benzene rings is 1. The van der Waals surface area contributed by atoms with E-state index >= 15 is 0 Å². The minimum atomic E-state index is -0.560. The molecule has 2 rings (SSSR count). The van der Waals surface area contributed by atoms with Gasteiger partial charge in [-0.25, -0.2) is 9.59 Å². The molecule has 1 aromatic carbocycles. The summed E-state index contributed by atoms with van der Waals surface area (Å²) in [7, 11) is 0. The molecule has 6 nitrogen and oxygen atoms in total. The minimum absolute atomic E-state index is 0.242. The third-order valence-corrected chi connectivity index (χ3v) is 4.13. The molecule has 0 aromatic heterocycles. The smallest absolute Gasteiger partial charge is 0.338 e. The fourth-order valence-electron chi connectivity index (χ4n) is 3.02. The maximum absolute atomic E-state index is 12.8. The van der Waals surface area contributed by atoms with Gasteiger partial charge in [-0.15, -0.1) is 0 Å². The zero-order valence-corrected chi connectivity index (χ0v) is 17.7. The standard InChI is InChI=1S/C22H32N2O4/c1-7-8-9-17-18(20(25)27-14(2)3)19(24-21(26)23-17)15-10-12-16(13-11-15)28-22(4,5)6/h10-14,19H,7-9H2,1-6H3,(H2,23,24,26). The van der Waals surface area contributed by atoms with Gasteiger partial charge >= 0.3 is 12.0 Å². The van der Waals surface area contributed by atoms with Crippen molar-refractivity contribution in [3.8, 4) is 5.75 Å². The van der Waals surface area contributed by atoms with E-state index in [1.165, 1.54) is 0 Å². The van der Waals surface area contributed by atoms with Crippen molar-refractivity contribution in [1.82, 2.24) is 10.6 Å². The molecule has 0 saturated heterocycles. The van der Waals surface area contributed by atoms with E-state index in [-0.39, 0.29) is 17.7 Å². The predicted octanol–water partition coefficient (Wildman–Crippen LogP) is 4.61. The Morgan fingerprint density at radius 2 is 1.82 bits per heavy atom. The van der Waals surface area contributed by atoms with Gasteiger partial charge in [0.05, 0.1) is 17.7 Å². The number of nitrogens with one attached hydrogen (secondary N) is 2. The minimum Gasteiger partial charge on any atom is -0.488 e. The highest BCUT2D eigenvalue weighted by atomic mass is 16.5.